The van der Waals surface area contributed by atoms with Crippen molar-refractivity contribution in [1.82, 2.24) is 9.21 Å². The number of hydrogen-bond donors (Lipinski definition) is 0. The van der Waals surface area contributed by atoms with E-state index in [1.807, 2.05) is 6.92 Å². The molecule has 0 aliphatic carbocycles. The predicted octanol–water partition coefficient (Wildman–Crippen LogP) is 3.48. The third-order valence-corrected chi connectivity index (χ3v) is 8.93. The van der Waals surface area contributed by atoms with E-state index in [-0.39, 0.29) is 10.1 Å². The number of aryl methyl sites for hydroxylation is 1. The molecule has 0 bridgehead atoms. The van der Waals surface area contributed by atoms with Gasteiger partial charge in [-0.3, -0.25) is 4.79 Å². The third-order valence-electron chi connectivity index (χ3n) is 4.35. The normalized spacial score (nSPS) is 15.9. The van der Waals surface area contributed by atoms with Crippen LogP contribution in [-0.4, -0.2) is 55.5 Å². The third kappa shape index (κ3) is 5.26. The summed E-state index contributed by atoms with van der Waals surface area (Å²) >= 11 is 8.49. The van der Waals surface area contributed by atoms with Gasteiger partial charge in [-0.05, 0) is 24.6 Å². The highest BCUT2D eigenvalue weighted by Crippen LogP contribution is 2.28. The quantitative estimate of drug-likeness (QED) is 0.684. The molecule has 0 unspecified atom stereocenters. The molecule has 1 fully saturated rings. The Bertz CT molecular complexity index is 889. The number of piperazine rings is 1. The van der Waals surface area contributed by atoms with Crippen molar-refractivity contribution in [2.75, 3.05) is 31.9 Å². The molecule has 146 valence electrons. The summed E-state index contributed by atoms with van der Waals surface area (Å²) in [5.41, 5.74) is 2.42. The minimum atomic E-state index is -3.52. The standard InChI is InChI=1S/C18H21ClN2O3S3/c1-14-2-4-15(5-3-14)12-25-13-17(22)20-8-10-21(11-9-20)27(23,24)18-7-6-16(19)26-18/h2-7H,8-13H2,1H3. The number of carbonyl (C=O) groups is 1. The number of hydrogen-bond acceptors (Lipinski definition) is 5. The van der Waals surface area contributed by atoms with Gasteiger partial charge in [0, 0.05) is 31.9 Å². The van der Waals surface area contributed by atoms with Gasteiger partial charge in [-0.2, -0.15) is 4.31 Å². The molecule has 27 heavy (non-hydrogen) atoms. The molecule has 0 spiro atoms. The summed E-state index contributed by atoms with van der Waals surface area (Å²) in [4.78, 5) is 14.1. The van der Waals surface area contributed by atoms with E-state index in [0.29, 0.717) is 36.3 Å². The summed E-state index contributed by atoms with van der Waals surface area (Å²) in [6.45, 7) is 3.51. The maximum absolute atomic E-state index is 12.6. The average molecular weight is 445 g/mol. The SMILES string of the molecule is Cc1ccc(CSCC(=O)N2CCN(S(=O)(=O)c3ccc(Cl)s3)CC2)cc1. The van der Waals surface area contributed by atoms with Gasteiger partial charge in [-0.25, -0.2) is 8.42 Å². The number of thioether (sulfide) groups is 1. The van der Waals surface area contributed by atoms with Gasteiger partial charge < -0.3 is 4.90 Å². The van der Waals surface area contributed by atoms with Crippen molar-refractivity contribution in [3.8, 4) is 0 Å². The van der Waals surface area contributed by atoms with Crippen molar-refractivity contribution in [1.29, 1.82) is 0 Å². The van der Waals surface area contributed by atoms with Crippen LogP contribution >= 0.6 is 34.7 Å². The fraction of sp³-hybridized carbons (Fsp3) is 0.389. The van der Waals surface area contributed by atoms with E-state index in [2.05, 4.69) is 24.3 Å². The lowest BCUT2D eigenvalue weighted by Crippen LogP contribution is -2.50. The summed E-state index contributed by atoms with van der Waals surface area (Å²) in [6, 6.07) is 11.4. The fourth-order valence-corrected chi connectivity index (χ4v) is 6.72. The average Bonchev–Trinajstić information content (AvgIpc) is 3.10. The van der Waals surface area contributed by atoms with Crippen LogP contribution in [0.25, 0.3) is 0 Å². The van der Waals surface area contributed by atoms with E-state index in [1.165, 1.54) is 21.5 Å². The zero-order chi connectivity index (χ0) is 19.4. The minimum absolute atomic E-state index is 0.0586. The van der Waals surface area contributed by atoms with Crippen LogP contribution in [-0.2, 0) is 20.6 Å². The zero-order valence-corrected chi connectivity index (χ0v) is 18.1. The van der Waals surface area contributed by atoms with E-state index >= 15 is 0 Å². The van der Waals surface area contributed by atoms with Crippen molar-refractivity contribution >= 4 is 50.6 Å². The maximum atomic E-state index is 12.6. The lowest BCUT2D eigenvalue weighted by molar-refractivity contribution is -0.129. The van der Waals surface area contributed by atoms with Crippen LogP contribution in [0.15, 0.2) is 40.6 Å². The van der Waals surface area contributed by atoms with Crippen LogP contribution in [0.1, 0.15) is 11.1 Å². The molecule has 2 heterocycles. The van der Waals surface area contributed by atoms with Gasteiger partial charge in [0.1, 0.15) is 4.21 Å². The Morgan fingerprint density at radius 2 is 1.78 bits per heavy atom. The number of halogens is 1. The first-order chi connectivity index (χ1) is 12.9. The van der Waals surface area contributed by atoms with Gasteiger partial charge in [0.25, 0.3) is 10.0 Å². The molecule has 5 nitrogen and oxygen atoms in total. The Kier molecular flexibility index (Phi) is 6.86. The Morgan fingerprint density at radius 3 is 2.37 bits per heavy atom. The fourth-order valence-electron chi connectivity index (χ4n) is 2.77. The topological polar surface area (TPSA) is 57.7 Å². The Morgan fingerprint density at radius 1 is 1.11 bits per heavy atom. The Hall–Kier alpha value is -1.06. The van der Waals surface area contributed by atoms with Crippen molar-refractivity contribution in [2.45, 2.75) is 16.9 Å². The lowest BCUT2D eigenvalue weighted by atomic mass is 10.2. The molecule has 0 radical (unpaired) electrons. The summed E-state index contributed by atoms with van der Waals surface area (Å²) in [7, 11) is -3.52. The predicted molar refractivity (Wildman–Crippen MR) is 112 cm³/mol. The molecule has 9 heteroatoms. The van der Waals surface area contributed by atoms with Gasteiger partial charge in [-0.15, -0.1) is 23.1 Å². The largest absolute Gasteiger partial charge is 0.339 e. The number of rotatable bonds is 6. The smallest absolute Gasteiger partial charge is 0.252 e. The molecular weight excluding hydrogens is 424 g/mol. The lowest BCUT2D eigenvalue weighted by Gasteiger charge is -2.33. The van der Waals surface area contributed by atoms with Crippen molar-refractivity contribution < 1.29 is 13.2 Å². The molecule has 1 aromatic heterocycles. The van der Waals surface area contributed by atoms with Gasteiger partial charge in [0.15, 0.2) is 0 Å². The number of amides is 1. The van der Waals surface area contributed by atoms with E-state index in [1.54, 1.807) is 22.7 Å². The maximum Gasteiger partial charge on any atom is 0.252 e. The number of carbonyl (C=O) groups excluding carboxylic acids is 1. The van der Waals surface area contributed by atoms with Crippen molar-refractivity contribution in [2.24, 2.45) is 0 Å². The van der Waals surface area contributed by atoms with E-state index in [9.17, 15) is 13.2 Å². The van der Waals surface area contributed by atoms with Crippen LogP contribution in [0.2, 0.25) is 4.34 Å². The first kappa shape index (κ1) is 20.7. The monoisotopic (exact) mass is 444 g/mol. The number of benzene rings is 1. The molecule has 1 aromatic carbocycles. The summed E-state index contributed by atoms with van der Waals surface area (Å²) in [5, 5.41) is 0. The van der Waals surface area contributed by atoms with Gasteiger partial charge in [0.05, 0.1) is 10.1 Å². The minimum Gasteiger partial charge on any atom is -0.339 e. The second kappa shape index (κ2) is 8.96. The number of sulfonamides is 1. The molecule has 3 rings (SSSR count). The highest BCUT2D eigenvalue weighted by atomic mass is 35.5. The summed E-state index contributed by atoms with van der Waals surface area (Å²) in [5.74, 6) is 1.25. The second-order valence-electron chi connectivity index (χ2n) is 6.32. The molecule has 0 atom stereocenters. The molecule has 0 N–H and O–H groups in total. The number of thiophene rings is 1. The van der Waals surface area contributed by atoms with Crippen molar-refractivity contribution in [3.63, 3.8) is 0 Å². The van der Waals surface area contributed by atoms with Crippen LogP contribution in [0.5, 0.6) is 0 Å². The van der Waals surface area contributed by atoms with Crippen LogP contribution in [0.3, 0.4) is 0 Å². The molecular formula is C18H21ClN2O3S3. The second-order valence-corrected chi connectivity index (χ2v) is 11.2. The van der Waals surface area contributed by atoms with Gasteiger partial charge >= 0.3 is 0 Å². The van der Waals surface area contributed by atoms with Crippen LogP contribution < -0.4 is 0 Å². The first-order valence-electron chi connectivity index (χ1n) is 8.53. The first-order valence-corrected chi connectivity index (χ1v) is 12.3. The molecule has 0 saturated carbocycles. The zero-order valence-electron chi connectivity index (χ0n) is 14.9. The Labute approximate surface area is 173 Å². The number of nitrogens with zero attached hydrogens (tertiary/aromatic N) is 2. The highest BCUT2D eigenvalue weighted by molar-refractivity contribution is 7.99. The van der Waals surface area contributed by atoms with Crippen LogP contribution in [0, 0.1) is 6.92 Å². The van der Waals surface area contributed by atoms with E-state index < -0.39 is 10.0 Å². The van der Waals surface area contributed by atoms with Crippen LogP contribution in [0.4, 0.5) is 0 Å². The summed E-state index contributed by atoms with van der Waals surface area (Å²) < 4.78 is 27.3. The van der Waals surface area contributed by atoms with E-state index in [0.717, 1.165) is 17.1 Å². The molecule has 1 saturated heterocycles. The van der Waals surface area contributed by atoms with E-state index in [4.69, 9.17) is 11.6 Å². The molecule has 1 amide bonds. The Balaban J connectivity index is 1.47. The molecule has 1 aliphatic rings. The van der Waals surface area contributed by atoms with Crippen molar-refractivity contribution in [3.05, 3.63) is 51.9 Å². The summed E-state index contributed by atoms with van der Waals surface area (Å²) in [6.07, 6.45) is 0. The van der Waals surface area contributed by atoms with Gasteiger partial charge in [0.2, 0.25) is 5.91 Å². The molecule has 1 aliphatic heterocycles. The van der Waals surface area contributed by atoms with Gasteiger partial charge in [-0.1, -0.05) is 41.4 Å². The highest BCUT2D eigenvalue weighted by Gasteiger charge is 2.30. The molecule has 2 aromatic rings.